The molecule has 1 radical (unpaired) electrons. The molecule has 1 heterocycles. The molecule has 0 aromatic carbocycles. The van der Waals surface area contributed by atoms with Crippen LogP contribution in [0.4, 0.5) is 0 Å². The zero-order valence-corrected chi connectivity index (χ0v) is 7.18. The summed E-state index contributed by atoms with van der Waals surface area (Å²) in [7, 11) is 0. The Labute approximate surface area is 68.4 Å². The van der Waals surface area contributed by atoms with Gasteiger partial charge in [-0.05, 0) is 28.9 Å². The van der Waals surface area contributed by atoms with Gasteiger partial charge in [0.05, 0.1) is 12.7 Å². The average Bonchev–Trinajstić information content (AvgIpc) is 1.95. The fourth-order valence-corrected chi connectivity index (χ4v) is 0.758. The number of pyridine rings is 1. The molecule has 0 fully saturated rings. The highest BCUT2D eigenvalue weighted by atomic mass is 79.9. The van der Waals surface area contributed by atoms with Gasteiger partial charge in [0.25, 0.3) is 0 Å². The molecule has 0 aliphatic rings. The topological polar surface area (TPSA) is 22.1 Å². The van der Waals surface area contributed by atoms with E-state index in [1.807, 2.05) is 6.92 Å². The summed E-state index contributed by atoms with van der Waals surface area (Å²) in [6.07, 6.45) is 1.68. The molecule has 0 saturated carbocycles. The molecule has 0 saturated heterocycles. The van der Waals surface area contributed by atoms with Gasteiger partial charge in [-0.25, -0.2) is 4.98 Å². The molecule has 1 aromatic heterocycles. The Kier molecular flexibility index (Phi) is 2.68. The normalized spacial score (nSPS) is 9.40. The molecule has 0 N–H and O–H groups in total. The van der Waals surface area contributed by atoms with E-state index in [4.69, 9.17) is 4.74 Å². The lowest BCUT2D eigenvalue weighted by atomic mass is 10.5. The summed E-state index contributed by atoms with van der Waals surface area (Å²) in [6, 6.07) is 4.63. The van der Waals surface area contributed by atoms with E-state index in [2.05, 4.69) is 27.0 Å². The second kappa shape index (κ2) is 3.56. The van der Waals surface area contributed by atoms with E-state index in [1.165, 1.54) is 0 Å². The van der Waals surface area contributed by atoms with Crippen LogP contribution < -0.4 is 4.74 Å². The minimum atomic E-state index is 0.547. The number of halogens is 1. The molecule has 0 spiro atoms. The number of nitrogens with zero attached hydrogens (tertiary/aromatic N) is 1. The quantitative estimate of drug-likeness (QED) is 0.730. The monoisotopic (exact) mass is 200 g/mol. The van der Waals surface area contributed by atoms with Crippen molar-refractivity contribution in [2.45, 2.75) is 6.92 Å². The number of hydrogen-bond donors (Lipinski definition) is 0. The van der Waals surface area contributed by atoms with Crippen LogP contribution in [0.5, 0.6) is 5.88 Å². The maximum atomic E-state index is 5.07. The minimum Gasteiger partial charge on any atom is -0.478 e. The van der Waals surface area contributed by atoms with Crippen LogP contribution in [0.1, 0.15) is 6.92 Å². The summed E-state index contributed by atoms with van der Waals surface area (Å²) >= 11 is 3.25. The van der Waals surface area contributed by atoms with Crippen LogP contribution in [0.15, 0.2) is 16.7 Å². The van der Waals surface area contributed by atoms with Crippen molar-refractivity contribution in [3.8, 4) is 5.88 Å². The Morgan fingerprint density at radius 1 is 1.80 bits per heavy atom. The fraction of sp³-hybridized carbons (Fsp3) is 0.286. The minimum absolute atomic E-state index is 0.547. The molecule has 0 amide bonds. The third-order valence-electron chi connectivity index (χ3n) is 0.920. The lowest BCUT2D eigenvalue weighted by Gasteiger charge is -1.98. The van der Waals surface area contributed by atoms with Gasteiger partial charge < -0.3 is 4.74 Å². The van der Waals surface area contributed by atoms with E-state index in [-0.39, 0.29) is 0 Å². The van der Waals surface area contributed by atoms with Crippen LogP contribution in [-0.4, -0.2) is 11.6 Å². The van der Waals surface area contributed by atoms with Gasteiger partial charge in [0.15, 0.2) is 0 Å². The number of aromatic nitrogens is 1. The summed E-state index contributed by atoms with van der Waals surface area (Å²) in [5.41, 5.74) is 0. The standard InChI is InChI=1S/C7H7BrNO/c1-2-10-7-4-3-6(8)5-9-7/h3,5H,2H2,1H3. The lowest BCUT2D eigenvalue weighted by molar-refractivity contribution is 0.326. The number of ether oxygens (including phenoxy) is 1. The molecular formula is C7H7BrNO. The van der Waals surface area contributed by atoms with Crippen LogP contribution in [-0.2, 0) is 0 Å². The molecular weight excluding hydrogens is 194 g/mol. The van der Waals surface area contributed by atoms with Crippen LogP contribution in [0.25, 0.3) is 0 Å². The van der Waals surface area contributed by atoms with E-state index < -0.39 is 0 Å². The zero-order chi connectivity index (χ0) is 7.40. The Bertz CT molecular complexity index is 197. The maximum absolute atomic E-state index is 5.07. The van der Waals surface area contributed by atoms with Gasteiger partial charge in [-0.15, -0.1) is 0 Å². The molecule has 0 unspecified atom stereocenters. The molecule has 0 aliphatic heterocycles. The van der Waals surface area contributed by atoms with E-state index in [0.717, 1.165) is 4.47 Å². The van der Waals surface area contributed by atoms with Gasteiger partial charge in [0.1, 0.15) is 0 Å². The molecule has 1 aromatic rings. The van der Waals surface area contributed by atoms with Gasteiger partial charge >= 0.3 is 0 Å². The molecule has 53 valence electrons. The summed E-state index contributed by atoms with van der Waals surface area (Å²) in [5.74, 6) is 0.547. The molecule has 0 aliphatic carbocycles. The first-order valence-corrected chi connectivity index (χ1v) is 3.78. The van der Waals surface area contributed by atoms with Gasteiger partial charge in [0.2, 0.25) is 5.88 Å². The van der Waals surface area contributed by atoms with Gasteiger partial charge in [-0.1, -0.05) is 0 Å². The second-order valence-electron chi connectivity index (χ2n) is 1.67. The SMILES string of the molecule is CCOc1[c]cc(Br)cn1. The summed E-state index contributed by atoms with van der Waals surface area (Å²) in [4.78, 5) is 3.94. The van der Waals surface area contributed by atoms with Crippen molar-refractivity contribution in [3.05, 3.63) is 22.8 Å². The van der Waals surface area contributed by atoms with Crippen molar-refractivity contribution in [3.63, 3.8) is 0 Å². The number of hydrogen-bond acceptors (Lipinski definition) is 2. The zero-order valence-electron chi connectivity index (χ0n) is 5.60. The second-order valence-corrected chi connectivity index (χ2v) is 2.59. The third kappa shape index (κ3) is 1.99. The fourth-order valence-electron chi connectivity index (χ4n) is 0.541. The van der Waals surface area contributed by atoms with E-state index >= 15 is 0 Å². The maximum Gasteiger partial charge on any atom is 0.221 e. The molecule has 0 bridgehead atoms. The van der Waals surface area contributed by atoms with E-state index in [9.17, 15) is 0 Å². The molecule has 3 heteroatoms. The van der Waals surface area contributed by atoms with Crippen molar-refractivity contribution in [2.75, 3.05) is 6.61 Å². The van der Waals surface area contributed by atoms with Crippen LogP contribution in [0.3, 0.4) is 0 Å². The van der Waals surface area contributed by atoms with Gasteiger partial charge in [-0.2, -0.15) is 0 Å². The Balaban J connectivity index is 2.69. The average molecular weight is 201 g/mol. The predicted octanol–water partition coefficient (Wildman–Crippen LogP) is 2.04. The Morgan fingerprint density at radius 2 is 2.60 bits per heavy atom. The van der Waals surface area contributed by atoms with Gasteiger partial charge in [-0.3, -0.25) is 0 Å². The van der Waals surface area contributed by atoms with Crippen molar-refractivity contribution < 1.29 is 4.74 Å². The molecule has 10 heavy (non-hydrogen) atoms. The van der Waals surface area contributed by atoms with Crippen molar-refractivity contribution in [2.24, 2.45) is 0 Å². The summed E-state index contributed by atoms with van der Waals surface area (Å²) < 4.78 is 5.99. The smallest absolute Gasteiger partial charge is 0.221 e. The first-order chi connectivity index (χ1) is 4.83. The van der Waals surface area contributed by atoms with Crippen LogP contribution in [0.2, 0.25) is 0 Å². The van der Waals surface area contributed by atoms with Gasteiger partial charge in [0, 0.05) is 10.7 Å². The molecule has 2 nitrogen and oxygen atoms in total. The lowest BCUT2D eigenvalue weighted by Crippen LogP contribution is -1.93. The summed E-state index contributed by atoms with van der Waals surface area (Å²) in [6.45, 7) is 2.54. The van der Waals surface area contributed by atoms with E-state index in [1.54, 1.807) is 12.3 Å². The van der Waals surface area contributed by atoms with Crippen molar-refractivity contribution >= 4 is 15.9 Å². The largest absolute Gasteiger partial charge is 0.478 e. The predicted molar refractivity (Wildman–Crippen MR) is 41.9 cm³/mol. The van der Waals surface area contributed by atoms with E-state index in [0.29, 0.717) is 12.5 Å². The molecule has 1 rings (SSSR count). The first kappa shape index (κ1) is 7.54. The summed E-state index contributed by atoms with van der Waals surface area (Å²) in [5, 5.41) is 0. The Morgan fingerprint density at radius 3 is 3.10 bits per heavy atom. The highest BCUT2D eigenvalue weighted by Gasteiger charge is 1.91. The highest BCUT2D eigenvalue weighted by molar-refractivity contribution is 9.10. The van der Waals surface area contributed by atoms with Crippen LogP contribution >= 0.6 is 15.9 Å². The highest BCUT2D eigenvalue weighted by Crippen LogP contribution is 2.10. The van der Waals surface area contributed by atoms with Crippen molar-refractivity contribution in [1.29, 1.82) is 0 Å². The van der Waals surface area contributed by atoms with Crippen molar-refractivity contribution in [1.82, 2.24) is 4.98 Å². The number of rotatable bonds is 2. The first-order valence-electron chi connectivity index (χ1n) is 2.99. The van der Waals surface area contributed by atoms with Crippen LogP contribution in [0, 0.1) is 6.07 Å². The third-order valence-corrected chi connectivity index (χ3v) is 1.35. The Hall–Kier alpha value is -0.570. The molecule has 0 atom stereocenters.